The van der Waals surface area contributed by atoms with Crippen molar-refractivity contribution in [3.05, 3.63) is 48.0 Å². The lowest BCUT2D eigenvalue weighted by molar-refractivity contribution is -0.137. The van der Waals surface area contributed by atoms with Gasteiger partial charge in [-0.2, -0.15) is 0 Å². The van der Waals surface area contributed by atoms with E-state index in [2.05, 4.69) is 30.3 Å². The van der Waals surface area contributed by atoms with Gasteiger partial charge in [-0.05, 0) is 29.2 Å². The first-order valence-corrected chi connectivity index (χ1v) is 6.10. The van der Waals surface area contributed by atoms with Crippen molar-refractivity contribution in [2.24, 2.45) is 5.73 Å². The zero-order valence-corrected chi connectivity index (χ0v) is 10.2. The highest BCUT2D eigenvalue weighted by atomic mass is 16.4. The fraction of sp³-hybridized carbons (Fsp3) is 0.267. The summed E-state index contributed by atoms with van der Waals surface area (Å²) in [4.78, 5) is 10.5. The summed E-state index contributed by atoms with van der Waals surface area (Å²) in [5, 5.41) is 11.0. The Morgan fingerprint density at radius 3 is 2.61 bits per heavy atom. The molecule has 2 aromatic rings. The van der Waals surface area contributed by atoms with Crippen LogP contribution in [-0.4, -0.2) is 17.1 Å². The van der Waals surface area contributed by atoms with Crippen molar-refractivity contribution < 1.29 is 9.90 Å². The number of aliphatic carboxylic acids is 1. The monoisotopic (exact) mass is 243 g/mol. The molecule has 0 saturated carbocycles. The molecule has 0 aliphatic rings. The van der Waals surface area contributed by atoms with Crippen molar-refractivity contribution in [3.63, 3.8) is 0 Å². The zero-order chi connectivity index (χ0) is 13.0. The third-order valence-corrected chi connectivity index (χ3v) is 3.04. The van der Waals surface area contributed by atoms with Crippen LogP contribution in [0, 0.1) is 0 Å². The van der Waals surface area contributed by atoms with Crippen LogP contribution in [0.25, 0.3) is 10.8 Å². The molecule has 0 amide bonds. The van der Waals surface area contributed by atoms with Gasteiger partial charge in [-0.25, -0.2) is 0 Å². The molecule has 0 bridgehead atoms. The highest BCUT2D eigenvalue weighted by molar-refractivity contribution is 5.83. The molecule has 3 N–H and O–H groups in total. The molecule has 0 fully saturated rings. The quantitative estimate of drug-likeness (QED) is 0.848. The van der Waals surface area contributed by atoms with Gasteiger partial charge in [0.15, 0.2) is 0 Å². The van der Waals surface area contributed by atoms with Crippen molar-refractivity contribution in [2.75, 3.05) is 0 Å². The molecule has 0 aliphatic carbocycles. The molecule has 1 atom stereocenters. The molecule has 2 aromatic carbocycles. The van der Waals surface area contributed by atoms with Crippen LogP contribution in [0.3, 0.4) is 0 Å². The standard InChI is InChI=1S/C15H17NO2/c16-14(7-8-15(17)18)10-11-5-6-12-3-1-2-4-13(12)9-11/h1-6,9,14H,7-8,10,16H2,(H,17,18). The Labute approximate surface area is 106 Å². The largest absolute Gasteiger partial charge is 0.481 e. The molecular weight excluding hydrogens is 226 g/mol. The van der Waals surface area contributed by atoms with Gasteiger partial charge in [0.25, 0.3) is 0 Å². The van der Waals surface area contributed by atoms with E-state index >= 15 is 0 Å². The van der Waals surface area contributed by atoms with E-state index in [0.29, 0.717) is 6.42 Å². The molecule has 1 unspecified atom stereocenters. The Bertz CT molecular complexity index is 551. The molecule has 0 heterocycles. The van der Waals surface area contributed by atoms with Crippen LogP contribution in [-0.2, 0) is 11.2 Å². The highest BCUT2D eigenvalue weighted by Crippen LogP contribution is 2.17. The Kier molecular flexibility index (Phi) is 3.95. The van der Waals surface area contributed by atoms with Crippen molar-refractivity contribution >= 4 is 16.7 Å². The Morgan fingerprint density at radius 1 is 1.17 bits per heavy atom. The van der Waals surface area contributed by atoms with Crippen LogP contribution in [0.1, 0.15) is 18.4 Å². The predicted octanol–water partition coefficient (Wildman–Crippen LogP) is 2.57. The van der Waals surface area contributed by atoms with Crippen molar-refractivity contribution in [3.8, 4) is 0 Å². The van der Waals surface area contributed by atoms with Gasteiger partial charge in [0.1, 0.15) is 0 Å². The molecular formula is C15H17NO2. The summed E-state index contributed by atoms with van der Waals surface area (Å²) in [5.41, 5.74) is 7.09. The second kappa shape index (κ2) is 5.65. The number of hydrogen-bond donors (Lipinski definition) is 2. The molecule has 0 radical (unpaired) electrons. The van der Waals surface area contributed by atoms with Crippen LogP contribution in [0.5, 0.6) is 0 Å². The van der Waals surface area contributed by atoms with Crippen LogP contribution in [0.2, 0.25) is 0 Å². The predicted molar refractivity (Wildman–Crippen MR) is 72.5 cm³/mol. The molecule has 2 rings (SSSR count). The zero-order valence-electron chi connectivity index (χ0n) is 10.2. The molecule has 0 aromatic heterocycles. The maximum atomic E-state index is 10.5. The summed E-state index contributed by atoms with van der Waals surface area (Å²) in [7, 11) is 0. The van der Waals surface area contributed by atoms with Gasteiger partial charge in [-0.1, -0.05) is 42.5 Å². The fourth-order valence-electron chi connectivity index (χ4n) is 2.08. The van der Waals surface area contributed by atoms with Gasteiger partial charge in [0.05, 0.1) is 0 Å². The first-order chi connectivity index (χ1) is 8.65. The average molecular weight is 243 g/mol. The summed E-state index contributed by atoms with van der Waals surface area (Å²) in [6, 6.07) is 14.3. The minimum Gasteiger partial charge on any atom is -0.481 e. The first kappa shape index (κ1) is 12.6. The Balaban J connectivity index is 2.05. The van der Waals surface area contributed by atoms with E-state index in [0.717, 1.165) is 12.0 Å². The highest BCUT2D eigenvalue weighted by Gasteiger charge is 2.07. The number of carboxylic acid groups (broad SMARTS) is 1. The second-order valence-corrected chi connectivity index (χ2v) is 4.58. The van der Waals surface area contributed by atoms with Crippen LogP contribution >= 0.6 is 0 Å². The van der Waals surface area contributed by atoms with Crippen molar-refractivity contribution in [1.29, 1.82) is 0 Å². The molecule has 0 spiro atoms. The summed E-state index contributed by atoms with van der Waals surface area (Å²) in [5.74, 6) is -0.788. The lowest BCUT2D eigenvalue weighted by atomic mass is 10.00. The van der Waals surface area contributed by atoms with E-state index in [-0.39, 0.29) is 12.5 Å². The van der Waals surface area contributed by atoms with Crippen LogP contribution in [0.4, 0.5) is 0 Å². The summed E-state index contributed by atoms with van der Waals surface area (Å²) < 4.78 is 0. The lowest BCUT2D eigenvalue weighted by Crippen LogP contribution is -2.23. The minimum absolute atomic E-state index is 0.0951. The normalized spacial score (nSPS) is 12.5. The van der Waals surface area contributed by atoms with Crippen molar-refractivity contribution in [1.82, 2.24) is 0 Å². The summed E-state index contributed by atoms with van der Waals surface area (Å²) in [6.45, 7) is 0. The number of rotatable bonds is 5. The summed E-state index contributed by atoms with van der Waals surface area (Å²) >= 11 is 0. The number of carbonyl (C=O) groups is 1. The molecule has 18 heavy (non-hydrogen) atoms. The van der Waals surface area contributed by atoms with Gasteiger partial charge < -0.3 is 10.8 Å². The third kappa shape index (κ3) is 3.31. The van der Waals surface area contributed by atoms with Gasteiger partial charge in [-0.3, -0.25) is 4.79 Å². The topological polar surface area (TPSA) is 63.3 Å². The van der Waals surface area contributed by atoms with E-state index in [4.69, 9.17) is 10.8 Å². The smallest absolute Gasteiger partial charge is 0.303 e. The van der Waals surface area contributed by atoms with E-state index < -0.39 is 5.97 Å². The Morgan fingerprint density at radius 2 is 1.89 bits per heavy atom. The van der Waals surface area contributed by atoms with Gasteiger partial charge in [0, 0.05) is 12.5 Å². The maximum absolute atomic E-state index is 10.5. The van der Waals surface area contributed by atoms with Gasteiger partial charge in [0.2, 0.25) is 0 Å². The summed E-state index contributed by atoms with van der Waals surface area (Å²) in [6.07, 6.45) is 1.37. The molecule has 0 aliphatic heterocycles. The number of hydrogen-bond acceptors (Lipinski definition) is 2. The Hall–Kier alpha value is -1.87. The first-order valence-electron chi connectivity index (χ1n) is 6.10. The second-order valence-electron chi connectivity index (χ2n) is 4.58. The maximum Gasteiger partial charge on any atom is 0.303 e. The number of benzene rings is 2. The van der Waals surface area contributed by atoms with E-state index in [9.17, 15) is 4.79 Å². The van der Waals surface area contributed by atoms with E-state index in [1.54, 1.807) is 0 Å². The van der Waals surface area contributed by atoms with E-state index in [1.807, 2.05) is 12.1 Å². The van der Waals surface area contributed by atoms with Gasteiger partial charge >= 0.3 is 5.97 Å². The minimum atomic E-state index is -0.788. The molecule has 3 nitrogen and oxygen atoms in total. The van der Waals surface area contributed by atoms with Gasteiger partial charge in [-0.15, -0.1) is 0 Å². The average Bonchev–Trinajstić information content (AvgIpc) is 2.36. The number of carboxylic acids is 1. The molecule has 94 valence electrons. The van der Waals surface area contributed by atoms with Crippen LogP contribution < -0.4 is 5.73 Å². The number of nitrogens with two attached hydrogens (primary N) is 1. The molecule has 3 heteroatoms. The third-order valence-electron chi connectivity index (χ3n) is 3.04. The van der Waals surface area contributed by atoms with Crippen LogP contribution in [0.15, 0.2) is 42.5 Å². The number of fused-ring (bicyclic) bond motifs is 1. The lowest BCUT2D eigenvalue weighted by Gasteiger charge is -2.10. The fourth-order valence-corrected chi connectivity index (χ4v) is 2.08. The SMILES string of the molecule is NC(CCC(=O)O)Cc1ccc2ccccc2c1. The molecule has 0 saturated heterocycles. The van der Waals surface area contributed by atoms with E-state index in [1.165, 1.54) is 10.8 Å². The van der Waals surface area contributed by atoms with Crippen molar-refractivity contribution in [2.45, 2.75) is 25.3 Å².